The van der Waals surface area contributed by atoms with Gasteiger partial charge < -0.3 is 9.13 Å². The fraction of sp³-hybridized carbons (Fsp3) is 0.0192. The Balaban J connectivity index is 1.19. The maximum Gasteiger partial charge on any atom is 0.164 e. The Hall–Kier alpha value is -7.63. The number of hydrogen-bond acceptors (Lipinski definition) is 3. The number of fused-ring (bicyclic) bond motifs is 6. The Morgan fingerprint density at radius 2 is 0.754 bits per heavy atom. The van der Waals surface area contributed by atoms with E-state index >= 15 is 0 Å². The van der Waals surface area contributed by atoms with Gasteiger partial charge in [0.25, 0.3) is 0 Å². The minimum Gasteiger partial charge on any atom is -0.309 e. The molecule has 268 valence electrons. The largest absolute Gasteiger partial charge is 0.309 e. The van der Waals surface area contributed by atoms with Crippen LogP contribution < -0.4 is 0 Å². The van der Waals surface area contributed by atoms with Crippen molar-refractivity contribution in [1.82, 2.24) is 24.1 Å². The molecular formula is C52H35N5. The zero-order valence-electron chi connectivity index (χ0n) is 31.2. The third-order valence-electron chi connectivity index (χ3n) is 11.1. The maximum atomic E-state index is 5.13. The van der Waals surface area contributed by atoms with Crippen LogP contribution in [0.2, 0.25) is 0 Å². The average molecular weight is 730 g/mol. The normalized spacial score (nSPS) is 11.6. The van der Waals surface area contributed by atoms with Crippen LogP contribution in [0.25, 0.3) is 100 Å². The van der Waals surface area contributed by atoms with E-state index in [2.05, 4.69) is 150 Å². The zero-order chi connectivity index (χ0) is 37.9. The first-order chi connectivity index (χ1) is 28.2. The summed E-state index contributed by atoms with van der Waals surface area (Å²) in [7, 11) is 0. The molecule has 0 N–H and O–H groups in total. The van der Waals surface area contributed by atoms with E-state index in [1.165, 1.54) is 43.8 Å². The van der Waals surface area contributed by atoms with Crippen LogP contribution in [0.4, 0.5) is 0 Å². The first kappa shape index (κ1) is 32.8. The predicted molar refractivity (Wildman–Crippen MR) is 235 cm³/mol. The van der Waals surface area contributed by atoms with E-state index in [1.807, 2.05) is 60.7 Å². The van der Waals surface area contributed by atoms with Gasteiger partial charge in [0, 0.05) is 49.5 Å². The van der Waals surface area contributed by atoms with Gasteiger partial charge in [0.2, 0.25) is 0 Å². The molecule has 3 heterocycles. The highest BCUT2D eigenvalue weighted by Crippen LogP contribution is 2.41. The van der Waals surface area contributed by atoms with Gasteiger partial charge in [-0.2, -0.15) is 0 Å². The van der Waals surface area contributed by atoms with Crippen LogP contribution in [0.1, 0.15) is 5.56 Å². The second-order valence-electron chi connectivity index (χ2n) is 14.5. The molecule has 0 spiro atoms. The summed E-state index contributed by atoms with van der Waals surface area (Å²) >= 11 is 0. The second-order valence-corrected chi connectivity index (χ2v) is 14.5. The Morgan fingerprint density at radius 3 is 1.33 bits per heavy atom. The van der Waals surface area contributed by atoms with Gasteiger partial charge in [-0.1, -0.05) is 140 Å². The maximum absolute atomic E-state index is 5.13. The van der Waals surface area contributed by atoms with Gasteiger partial charge in [-0.25, -0.2) is 15.0 Å². The van der Waals surface area contributed by atoms with Gasteiger partial charge in [-0.3, -0.25) is 0 Å². The quantitative estimate of drug-likeness (QED) is 0.171. The van der Waals surface area contributed by atoms with Crippen molar-refractivity contribution in [3.05, 3.63) is 200 Å². The molecule has 0 fully saturated rings. The van der Waals surface area contributed by atoms with Gasteiger partial charge in [-0.05, 0) is 72.6 Å². The average Bonchev–Trinajstić information content (AvgIpc) is 3.79. The molecule has 8 aromatic carbocycles. The molecule has 0 aliphatic carbocycles. The molecule has 0 saturated carbocycles. The number of aryl methyl sites for hydroxylation is 1. The van der Waals surface area contributed by atoms with E-state index in [9.17, 15) is 0 Å². The van der Waals surface area contributed by atoms with E-state index in [-0.39, 0.29) is 0 Å². The van der Waals surface area contributed by atoms with Crippen molar-refractivity contribution in [3.63, 3.8) is 0 Å². The predicted octanol–water partition coefficient (Wildman–Crippen LogP) is 13.0. The molecule has 0 aliphatic rings. The van der Waals surface area contributed by atoms with Crippen LogP contribution >= 0.6 is 0 Å². The van der Waals surface area contributed by atoms with Crippen LogP contribution in [0.5, 0.6) is 0 Å². The lowest BCUT2D eigenvalue weighted by molar-refractivity contribution is 1.07. The Bertz CT molecular complexity index is 3190. The van der Waals surface area contributed by atoms with Gasteiger partial charge in [0.15, 0.2) is 17.5 Å². The molecule has 0 saturated heterocycles. The third kappa shape index (κ3) is 5.43. The van der Waals surface area contributed by atoms with Crippen molar-refractivity contribution in [3.8, 4) is 56.7 Å². The molecular weight excluding hydrogens is 695 g/mol. The van der Waals surface area contributed by atoms with E-state index in [0.717, 1.165) is 44.5 Å². The molecule has 11 aromatic rings. The number of aromatic nitrogens is 5. The van der Waals surface area contributed by atoms with Crippen molar-refractivity contribution in [2.75, 3.05) is 0 Å². The molecule has 0 amide bonds. The highest BCUT2D eigenvalue weighted by atomic mass is 15.0. The summed E-state index contributed by atoms with van der Waals surface area (Å²) in [6.07, 6.45) is 0. The molecule has 11 rings (SSSR count). The summed E-state index contributed by atoms with van der Waals surface area (Å²) in [5.41, 5.74) is 13.1. The molecule has 0 radical (unpaired) electrons. The smallest absolute Gasteiger partial charge is 0.164 e. The number of para-hydroxylation sites is 4. The Morgan fingerprint density at radius 1 is 0.316 bits per heavy atom. The summed E-state index contributed by atoms with van der Waals surface area (Å²) in [5.74, 6) is 1.89. The molecule has 5 nitrogen and oxygen atoms in total. The lowest BCUT2D eigenvalue weighted by atomic mass is 9.98. The zero-order valence-corrected chi connectivity index (χ0v) is 31.2. The summed E-state index contributed by atoms with van der Waals surface area (Å²) in [6.45, 7) is 2.18. The lowest BCUT2D eigenvalue weighted by Gasteiger charge is -2.17. The SMILES string of the molecule is Cc1ccccc1-n1c2ccccc2c2cc(-c3cc(-c4nc(-c5ccccc5)nc(-c5ccccc5)n4)ccc3-n3c4ccccc4c4ccccc43)ccc21. The minimum absolute atomic E-state index is 0.620. The number of rotatable bonds is 6. The molecule has 3 aromatic heterocycles. The fourth-order valence-corrected chi connectivity index (χ4v) is 8.44. The van der Waals surface area contributed by atoms with E-state index in [1.54, 1.807) is 0 Å². The van der Waals surface area contributed by atoms with Crippen molar-refractivity contribution in [1.29, 1.82) is 0 Å². The monoisotopic (exact) mass is 729 g/mol. The molecule has 0 bridgehead atoms. The highest BCUT2D eigenvalue weighted by molar-refractivity contribution is 6.12. The van der Waals surface area contributed by atoms with Crippen LogP contribution in [0, 0.1) is 6.92 Å². The summed E-state index contributed by atoms with van der Waals surface area (Å²) < 4.78 is 4.80. The lowest BCUT2D eigenvalue weighted by Crippen LogP contribution is -2.02. The van der Waals surface area contributed by atoms with Crippen LogP contribution in [-0.2, 0) is 0 Å². The first-order valence-corrected chi connectivity index (χ1v) is 19.3. The van der Waals surface area contributed by atoms with Crippen molar-refractivity contribution in [2.45, 2.75) is 6.92 Å². The van der Waals surface area contributed by atoms with Crippen molar-refractivity contribution < 1.29 is 0 Å². The second kappa shape index (κ2) is 13.3. The minimum atomic E-state index is 0.620. The molecule has 0 unspecified atom stereocenters. The first-order valence-electron chi connectivity index (χ1n) is 19.3. The molecule has 0 aliphatic heterocycles. The van der Waals surface area contributed by atoms with Crippen LogP contribution in [0.15, 0.2) is 194 Å². The van der Waals surface area contributed by atoms with Gasteiger partial charge in [0.05, 0.1) is 27.8 Å². The number of hydrogen-bond donors (Lipinski definition) is 0. The molecule has 0 atom stereocenters. The summed E-state index contributed by atoms with van der Waals surface area (Å²) in [5, 5.41) is 4.85. The van der Waals surface area contributed by atoms with Crippen molar-refractivity contribution >= 4 is 43.6 Å². The van der Waals surface area contributed by atoms with E-state index < -0.39 is 0 Å². The summed E-state index contributed by atoms with van der Waals surface area (Å²) in [6, 6.07) is 68.6. The van der Waals surface area contributed by atoms with Crippen LogP contribution in [-0.4, -0.2) is 24.1 Å². The number of nitrogens with zero attached hydrogens (tertiary/aromatic N) is 5. The van der Waals surface area contributed by atoms with E-state index in [0.29, 0.717) is 17.5 Å². The fourth-order valence-electron chi connectivity index (χ4n) is 8.44. The van der Waals surface area contributed by atoms with Crippen LogP contribution in [0.3, 0.4) is 0 Å². The topological polar surface area (TPSA) is 48.5 Å². The van der Waals surface area contributed by atoms with Gasteiger partial charge >= 0.3 is 0 Å². The van der Waals surface area contributed by atoms with Gasteiger partial charge in [-0.15, -0.1) is 0 Å². The van der Waals surface area contributed by atoms with Crippen molar-refractivity contribution in [2.24, 2.45) is 0 Å². The standard InChI is InChI=1S/C52H35N5/c1-34-16-8-12-24-44(34)56-47-27-15-11-23-41(47)43-32-37(28-30-49(43)56)42-33-38(29-31-48(42)57-45-25-13-9-21-39(45)40-22-10-14-26-46(40)57)52-54-50(35-17-4-2-5-18-35)53-51(55-52)36-19-6-3-7-20-36/h2-33H,1H3. The Labute approximate surface area is 329 Å². The molecule has 5 heteroatoms. The summed E-state index contributed by atoms with van der Waals surface area (Å²) in [4.78, 5) is 15.2. The van der Waals surface area contributed by atoms with Gasteiger partial charge in [0.1, 0.15) is 0 Å². The van der Waals surface area contributed by atoms with E-state index in [4.69, 9.17) is 15.0 Å². The number of benzene rings is 8. The third-order valence-corrected chi connectivity index (χ3v) is 11.1. The molecule has 57 heavy (non-hydrogen) atoms. The Kier molecular flexibility index (Phi) is 7.64. The highest BCUT2D eigenvalue weighted by Gasteiger charge is 2.20.